The van der Waals surface area contributed by atoms with Gasteiger partial charge in [-0.05, 0) is 61.9 Å². The first kappa shape index (κ1) is 27.6. The summed E-state index contributed by atoms with van der Waals surface area (Å²) in [6.07, 6.45) is 0.715. The molecule has 0 bridgehead atoms. The van der Waals surface area contributed by atoms with Crippen LogP contribution in [0.3, 0.4) is 0 Å². The number of aromatic amines is 1. The molecule has 39 heavy (non-hydrogen) atoms. The Morgan fingerprint density at radius 2 is 1.82 bits per heavy atom. The standard InChI is InChI=1S/C28H26ClN3O7/c1-15(33)20-7-5-18(29)11-21(20)22-12-27(35)32(13-25(22)38-4)14-26(34)30-19-6-8-23-17(9-19)10-24(31-23)28(36)39-16(2)37-3/h5-13,16,31H,14H2,1-4H3,(H,30,34). The monoisotopic (exact) mass is 551 g/mol. The first-order valence-electron chi connectivity index (χ1n) is 11.9. The van der Waals surface area contributed by atoms with Crippen LogP contribution in [0.5, 0.6) is 5.75 Å². The number of carbonyl (C=O) groups excluding carboxylic acids is 3. The molecule has 2 aromatic heterocycles. The van der Waals surface area contributed by atoms with Crippen molar-refractivity contribution in [2.75, 3.05) is 19.5 Å². The second-order valence-corrected chi connectivity index (χ2v) is 9.15. The van der Waals surface area contributed by atoms with Crippen LogP contribution >= 0.6 is 11.6 Å². The van der Waals surface area contributed by atoms with E-state index in [0.717, 1.165) is 0 Å². The third-order valence-electron chi connectivity index (χ3n) is 6.00. The molecule has 2 aromatic carbocycles. The van der Waals surface area contributed by atoms with Crippen molar-refractivity contribution in [1.82, 2.24) is 9.55 Å². The summed E-state index contributed by atoms with van der Waals surface area (Å²) in [5, 5.41) is 3.83. The van der Waals surface area contributed by atoms with Crippen molar-refractivity contribution in [3.8, 4) is 16.9 Å². The van der Waals surface area contributed by atoms with Gasteiger partial charge in [0.15, 0.2) is 12.1 Å². The van der Waals surface area contributed by atoms with E-state index >= 15 is 0 Å². The van der Waals surface area contributed by atoms with Crippen molar-refractivity contribution in [2.45, 2.75) is 26.7 Å². The lowest BCUT2D eigenvalue weighted by molar-refractivity contribution is -0.116. The third-order valence-corrected chi connectivity index (χ3v) is 6.24. The number of aromatic nitrogens is 2. The van der Waals surface area contributed by atoms with Crippen molar-refractivity contribution in [3.63, 3.8) is 0 Å². The summed E-state index contributed by atoms with van der Waals surface area (Å²) in [4.78, 5) is 53.1. The maximum atomic E-state index is 12.9. The summed E-state index contributed by atoms with van der Waals surface area (Å²) >= 11 is 6.14. The van der Waals surface area contributed by atoms with Gasteiger partial charge in [-0.15, -0.1) is 0 Å². The molecule has 2 heterocycles. The van der Waals surface area contributed by atoms with Gasteiger partial charge < -0.3 is 29.1 Å². The predicted molar refractivity (Wildman–Crippen MR) is 147 cm³/mol. The number of ketones is 1. The van der Waals surface area contributed by atoms with E-state index < -0.39 is 23.7 Å². The van der Waals surface area contributed by atoms with Crippen LogP contribution in [0.15, 0.2) is 59.5 Å². The second kappa shape index (κ2) is 11.5. The largest absolute Gasteiger partial charge is 0.495 e. The minimum atomic E-state index is -0.698. The molecule has 4 rings (SSSR count). The van der Waals surface area contributed by atoms with Gasteiger partial charge in [0.05, 0.1) is 13.3 Å². The lowest BCUT2D eigenvalue weighted by Gasteiger charge is -2.15. The van der Waals surface area contributed by atoms with Gasteiger partial charge in [0.25, 0.3) is 5.56 Å². The number of esters is 1. The Balaban J connectivity index is 1.55. The molecular formula is C28H26ClN3O7. The SMILES string of the molecule is COc1cn(CC(=O)Nc2ccc3[nH]c(C(=O)OC(C)OC)cc3c2)c(=O)cc1-c1cc(Cl)ccc1C(C)=O. The van der Waals surface area contributed by atoms with E-state index in [4.69, 9.17) is 25.8 Å². The number of hydrogen-bond acceptors (Lipinski definition) is 7. The van der Waals surface area contributed by atoms with Gasteiger partial charge in [0.2, 0.25) is 5.91 Å². The molecule has 0 aliphatic carbocycles. The average molecular weight is 552 g/mol. The number of ether oxygens (including phenoxy) is 3. The maximum Gasteiger partial charge on any atom is 0.357 e. The smallest absolute Gasteiger partial charge is 0.357 e. The lowest BCUT2D eigenvalue weighted by Crippen LogP contribution is -2.27. The van der Waals surface area contributed by atoms with Crippen LogP contribution in [0.2, 0.25) is 5.02 Å². The quantitative estimate of drug-likeness (QED) is 0.176. The summed E-state index contributed by atoms with van der Waals surface area (Å²) in [5.74, 6) is -0.929. The number of hydrogen-bond donors (Lipinski definition) is 2. The number of halogens is 1. The first-order chi connectivity index (χ1) is 18.6. The average Bonchev–Trinajstić information content (AvgIpc) is 3.33. The molecule has 1 atom stereocenters. The predicted octanol–water partition coefficient (Wildman–Crippen LogP) is 4.65. The Hall–Kier alpha value is -4.41. The zero-order valence-electron chi connectivity index (χ0n) is 21.7. The molecule has 0 aliphatic rings. The molecule has 0 aliphatic heterocycles. The number of benzene rings is 2. The number of rotatable bonds is 9. The molecule has 0 fully saturated rings. The maximum absolute atomic E-state index is 12.9. The highest BCUT2D eigenvalue weighted by molar-refractivity contribution is 6.31. The van der Waals surface area contributed by atoms with Gasteiger partial charge in [-0.25, -0.2) is 4.79 Å². The van der Waals surface area contributed by atoms with Crippen molar-refractivity contribution < 1.29 is 28.6 Å². The van der Waals surface area contributed by atoms with E-state index in [1.807, 2.05) is 0 Å². The zero-order chi connectivity index (χ0) is 28.3. The number of Topliss-reactive ketones (excluding diaryl/α,β-unsaturated/α-hetero) is 1. The van der Waals surface area contributed by atoms with Crippen molar-refractivity contribution in [2.24, 2.45) is 0 Å². The van der Waals surface area contributed by atoms with Gasteiger partial charge in [0, 0.05) is 45.9 Å². The lowest BCUT2D eigenvalue weighted by atomic mass is 9.97. The Labute approximate surface area is 228 Å². The number of amides is 1. The van der Waals surface area contributed by atoms with Crippen LogP contribution in [0.25, 0.3) is 22.0 Å². The van der Waals surface area contributed by atoms with Crippen LogP contribution in [0.4, 0.5) is 5.69 Å². The zero-order valence-corrected chi connectivity index (χ0v) is 22.4. The van der Waals surface area contributed by atoms with E-state index in [2.05, 4.69) is 10.3 Å². The summed E-state index contributed by atoms with van der Waals surface area (Å²) in [6.45, 7) is 2.73. The fourth-order valence-corrected chi connectivity index (χ4v) is 4.21. The number of methoxy groups -OCH3 is 2. The fourth-order valence-electron chi connectivity index (χ4n) is 4.03. The molecule has 10 nitrogen and oxygen atoms in total. The molecule has 0 spiro atoms. The number of nitrogens with zero attached hydrogens (tertiary/aromatic N) is 1. The van der Waals surface area contributed by atoms with Crippen LogP contribution in [0, 0.1) is 0 Å². The number of nitrogens with one attached hydrogen (secondary N) is 2. The highest BCUT2D eigenvalue weighted by atomic mass is 35.5. The number of fused-ring (bicyclic) bond motifs is 1. The van der Waals surface area contributed by atoms with Gasteiger partial charge in [-0.1, -0.05) is 11.6 Å². The summed E-state index contributed by atoms with van der Waals surface area (Å²) in [6, 6.07) is 12.8. The van der Waals surface area contributed by atoms with Gasteiger partial charge >= 0.3 is 5.97 Å². The first-order valence-corrected chi connectivity index (χ1v) is 12.2. The molecule has 11 heteroatoms. The number of carbonyl (C=O) groups is 3. The highest BCUT2D eigenvalue weighted by Gasteiger charge is 2.18. The Kier molecular flexibility index (Phi) is 8.18. The molecule has 2 N–H and O–H groups in total. The van der Waals surface area contributed by atoms with Crippen LogP contribution < -0.4 is 15.6 Å². The van der Waals surface area contributed by atoms with E-state index in [0.29, 0.717) is 44.1 Å². The van der Waals surface area contributed by atoms with Crippen LogP contribution in [0.1, 0.15) is 34.7 Å². The summed E-state index contributed by atoms with van der Waals surface area (Å²) < 4.78 is 16.8. The topological polar surface area (TPSA) is 129 Å². The second-order valence-electron chi connectivity index (χ2n) is 8.71. The molecule has 1 amide bonds. The number of H-pyrrole nitrogens is 1. The molecule has 0 saturated carbocycles. The molecule has 0 radical (unpaired) electrons. The Morgan fingerprint density at radius 1 is 1.05 bits per heavy atom. The van der Waals surface area contributed by atoms with Crippen LogP contribution in [-0.4, -0.2) is 47.7 Å². The Bertz CT molecular complexity index is 1640. The number of pyridine rings is 1. The third kappa shape index (κ3) is 6.19. The van der Waals surface area contributed by atoms with Crippen molar-refractivity contribution in [3.05, 3.63) is 81.4 Å². The Morgan fingerprint density at radius 3 is 2.51 bits per heavy atom. The minimum Gasteiger partial charge on any atom is -0.495 e. The molecule has 202 valence electrons. The van der Waals surface area contributed by atoms with Gasteiger partial charge in [-0.3, -0.25) is 14.4 Å². The highest BCUT2D eigenvalue weighted by Crippen LogP contribution is 2.33. The van der Waals surface area contributed by atoms with Crippen molar-refractivity contribution in [1.29, 1.82) is 0 Å². The molecule has 4 aromatic rings. The van der Waals surface area contributed by atoms with Crippen LogP contribution in [-0.2, 0) is 20.8 Å². The van der Waals surface area contributed by atoms with Gasteiger partial charge in [-0.2, -0.15) is 0 Å². The van der Waals surface area contributed by atoms with E-state index in [9.17, 15) is 19.2 Å². The number of anilines is 1. The van der Waals surface area contributed by atoms with E-state index in [1.54, 1.807) is 49.4 Å². The summed E-state index contributed by atoms with van der Waals surface area (Å²) in [5.41, 5.74) is 2.15. The summed E-state index contributed by atoms with van der Waals surface area (Å²) in [7, 11) is 2.86. The van der Waals surface area contributed by atoms with E-state index in [-0.39, 0.29) is 18.0 Å². The molecular weight excluding hydrogens is 526 g/mol. The van der Waals surface area contributed by atoms with Crippen molar-refractivity contribution >= 4 is 45.9 Å². The fraction of sp³-hybridized carbons (Fsp3) is 0.214. The minimum absolute atomic E-state index is 0.194. The van der Waals surface area contributed by atoms with Gasteiger partial charge in [0.1, 0.15) is 18.0 Å². The molecule has 0 saturated heterocycles. The normalized spacial score (nSPS) is 11.7. The molecule has 1 unspecified atom stereocenters. The van der Waals surface area contributed by atoms with E-state index in [1.165, 1.54) is 38.0 Å².